The number of nitrogens with zero attached hydrogens (tertiary/aromatic N) is 2. The Bertz CT molecular complexity index is 541. The molecule has 5 heteroatoms. The highest BCUT2D eigenvalue weighted by molar-refractivity contribution is 5.95. The van der Waals surface area contributed by atoms with Crippen LogP contribution in [0.4, 0.5) is 0 Å². The summed E-state index contributed by atoms with van der Waals surface area (Å²) in [6.07, 6.45) is 3.33. The lowest BCUT2D eigenvalue weighted by Gasteiger charge is -2.38. The maximum absolute atomic E-state index is 12.4. The molecule has 0 spiro atoms. The number of piperidine rings is 1. The number of hydrogen-bond acceptors (Lipinski definition) is 3. The van der Waals surface area contributed by atoms with Crippen molar-refractivity contribution < 1.29 is 14.7 Å². The van der Waals surface area contributed by atoms with E-state index in [0.717, 1.165) is 12.8 Å². The highest BCUT2D eigenvalue weighted by Crippen LogP contribution is 2.34. The summed E-state index contributed by atoms with van der Waals surface area (Å²) >= 11 is 0. The highest BCUT2D eigenvalue weighted by Gasteiger charge is 2.31. The Morgan fingerprint density at radius 3 is 2.43 bits per heavy atom. The SMILES string of the molecule is CC(C)(C)C1CCN(C(=O)c2cc(C(=O)O)ccn2)CC1. The number of carboxylic acid groups (broad SMARTS) is 1. The maximum Gasteiger partial charge on any atom is 0.335 e. The van der Waals surface area contributed by atoms with Gasteiger partial charge < -0.3 is 10.0 Å². The molecule has 0 unspecified atom stereocenters. The van der Waals surface area contributed by atoms with Crippen molar-refractivity contribution in [2.24, 2.45) is 11.3 Å². The summed E-state index contributed by atoms with van der Waals surface area (Å²) in [7, 11) is 0. The first kappa shape index (κ1) is 15.5. The van der Waals surface area contributed by atoms with E-state index in [4.69, 9.17) is 5.11 Å². The van der Waals surface area contributed by atoms with Crippen LogP contribution >= 0.6 is 0 Å². The Hall–Kier alpha value is -1.91. The van der Waals surface area contributed by atoms with E-state index in [-0.39, 0.29) is 22.6 Å². The molecule has 114 valence electrons. The Balaban J connectivity index is 2.05. The van der Waals surface area contributed by atoms with Gasteiger partial charge in [-0.15, -0.1) is 0 Å². The standard InChI is InChI=1S/C16H22N2O3/c1-16(2,3)12-5-8-18(9-6-12)14(19)13-10-11(15(20)21)4-7-17-13/h4,7,10,12H,5-6,8-9H2,1-3H3,(H,20,21). The molecule has 0 radical (unpaired) electrons. The average molecular weight is 290 g/mol. The molecule has 0 bridgehead atoms. The van der Waals surface area contributed by atoms with Crippen LogP contribution in [0.5, 0.6) is 0 Å². The smallest absolute Gasteiger partial charge is 0.335 e. The lowest BCUT2D eigenvalue weighted by molar-refractivity contribution is 0.0603. The predicted molar refractivity (Wildman–Crippen MR) is 79.3 cm³/mol. The van der Waals surface area contributed by atoms with Gasteiger partial charge in [0.05, 0.1) is 5.56 Å². The Morgan fingerprint density at radius 1 is 1.29 bits per heavy atom. The zero-order valence-electron chi connectivity index (χ0n) is 12.8. The summed E-state index contributed by atoms with van der Waals surface area (Å²) in [5, 5.41) is 8.97. The van der Waals surface area contributed by atoms with Crippen LogP contribution in [-0.2, 0) is 0 Å². The molecule has 1 amide bonds. The molecule has 21 heavy (non-hydrogen) atoms. The fourth-order valence-corrected chi connectivity index (χ4v) is 2.79. The molecule has 1 aliphatic rings. The van der Waals surface area contributed by atoms with Crippen molar-refractivity contribution in [2.75, 3.05) is 13.1 Å². The number of amides is 1. The summed E-state index contributed by atoms with van der Waals surface area (Å²) in [5.74, 6) is -0.608. The number of rotatable bonds is 2. The van der Waals surface area contributed by atoms with Crippen molar-refractivity contribution in [1.82, 2.24) is 9.88 Å². The second-order valence-electron chi connectivity index (χ2n) is 6.67. The second kappa shape index (κ2) is 5.84. The summed E-state index contributed by atoms with van der Waals surface area (Å²) < 4.78 is 0. The van der Waals surface area contributed by atoms with Crippen LogP contribution in [0.25, 0.3) is 0 Å². The lowest BCUT2D eigenvalue weighted by atomic mass is 9.75. The van der Waals surface area contributed by atoms with E-state index in [0.29, 0.717) is 19.0 Å². The third-order valence-electron chi connectivity index (χ3n) is 4.23. The zero-order chi connectivity index (χ0) is 15.6. The fraction of sp³-hybridized carbons (Fsp3) is 0.562. The molecule has 0 aromatic carbocycles. The van der Waals surface area contributed by atoms with Gasteiger partial charge in [-0.3, -0.25) is 9.78 Å². The molecule has 1 N–H and O–H groups in total. The Labute approximate surface area is 125 Å². The van der Waals surface area contributed by atoms with Gasteiger partial charge in [-0.2, -0.15) is 0 Å². The van der Waals surface area contributed by atoms with E-state index < -0.39 is 5.97 Å². The van der Waals surface area contributed by atoms with Gasteiger partial charge in [-0.1, -0.05) is 20.8 Å². The molecule has 1 fully saturated rings. The average Bonchev–Trinajstić information content (AvgIpc) is 2.46. The third kappa shape index (κ3) is 3.60. The minimum atomic E-state index is -1.04. The molecular weight excluding hydrogens is 268 g/mol. The van der Waals surface area contributed by atoms with Gasteiger partial charge in [0.1, 0.15) is 5.69 Å². The third-order valence-corrected chi connectivity index (χ3v) is 4.23. The van der Waals surface area contributed by atoms with Gasteiger partial charge >= 0.3 is 5.97 Å². The molecule has 1 aliphatic heterocycles. The van der Waals surface area contributed by atoms with E-state index in [1.165, 1.54) is 18.3 Å². The predicted octanol–water partition coefficient (Wildman–Crippen LogP) is 2.68. The van der Waals surface area contributed by atoms with Crippen molar-refractivity contribution >= 4 is 11.9 Å². The topological polar surface area (TPSA) is 70.5 Å². The summed E-state index contributed by atoms with van der Waals surface area (Å²) in [5.41, 5.74) is 0.568. The van der Waals surface area contributed by atoms with Gasteiger partial charge in [0, 0.05) is 19.3 Å². The first-order valence-corrected chi connectivity index (χ1v) is 7.27. The van der Waals surface area contributed by atoms with E-state index in [1.807, 2.05) is 0 Å². The van der Waals surface area contributed by atoms with Crippen LogP contribution in [0, 0.1) is 11.3 Å². The van der Waals surface area contributed by atoms with E-state index in [2.05, 4.69) is 25.8 Å². The molecule has 1 saturated heterocycles. The first-order valence-electron chi connectivity index (χ1n) is 7.27. The van der Waals surface area contributed by atoms with Crippen LogP contribution in [0.15, 0.2) is 18.3 Å². The highest BCUT2D eigenvalue weighted by atomic mass is 16.4. The van der Waals surface area contributed by atoms with Crippen molar-refractivity contribution in [3.63, 3.8) is 0 Å². The van der Waals surface area contributed by atoms with Crippen LogP contribution in [0.2, 0.25) is 0 Å². The van der Waals surface area contributed by atoms with Crippen LogP contribution in [0.3, 0.4) is 0 Å². The van der Waals surface area contributed by atoms with Gasteiger partial charge in [-0.25, -0.2) is 4.79 Å². The molecular formula is C16H22N2O3. The molecule has 0 saturated carbocycles. The number of aromatic nitrogens is 1. The normalized spacial score (nSPS) is 16.8. The van der Waals surface area contributed by atoms with Gasteiger partial charge in [0.2, 0.25) is 0 Å². The Kier molecular flexibility index (Phi) is 4.30. The maximum atomic E-state index is 12.4. The van der Waals surface area contributed by atoms with Gasteiger partial charge in [0.15, 0.2) is 0 Å². The van der Waals surface area contributed by atoms with Crippen LogP contribution in [-0.4, -0.2) is 40.0 Å². The second-order valence-corrected chi connectivity index (χ2v) is 6.67. The molecule has 1 aromatic heterocycles. The number of pyridine rings is 1. The van der Waals surface area contributed by atoms with E-state index in [1.54, 1.807) is 4.90 Å². The monoisotopic (exact) mass is 290 g/mol. The number of hydrogen-bond donors (Lipinski definition) is 1. The molecule has 2 rings (SSSR count). The number of carboxylic acids is 1. The molecule has 1 aromatic rings. The summed E-state index contributed by atoms with van der Waals surface area (Å²) in [4.78, 5) is 29.1. The first-order chi connectivity index (χ1) is 9.79. The van der Waals surface area contributed by atoms with Crippen LogP contribution in [0.1, 0.15) is 54.5 Å². The van der Waals surface area contributed by atoms with E-state index >= 15 is 0 Å². The summed E-state index contributed by atoms with van der Waals surface area (Å²) in [6, 6.07) is 2.74. The number of aromatic carboxylic acids is 1. The minimum absolute atomic E-state index is 0.0953. The molecule has 2 heterocycles. The van der Waals surface area contributed by atoms with Crippen molar-refractivity contribution in [3.05, 3.63) is 29.6 Å². The Morgan fingerprint density at radius 2 is 1.90 bits per heavy atom. The number of carbonyl (C=O) groups excluding carboxylic acids is 1. The van der Waals surface area contributed by atoms with E-state index in [9.17, 15) is 9.59 Å². The number of likely N-dealkylation sites (tertiary alicyclic amines) is 1. The molecule has 0 aliphatic carbocycles. The largest absolute Gasteiger partial charge is 0.478 e. The number of carbonyl (C=O) groups is 2. The summed E-state index contributed by atoms with van der Waals surface area (Å²) in [6.45, 7) is 8.10. The van der Waals surface area contributed by atoms with Gasteiger partial charge in [0.25, 0.3) is 5.91 Å². The molecule has 5 nitrogen and oxygen atoms in total. The van der Waals surface area contributed by atoms with Crippen molar-refractivity contribution in [2.45, 2.75) is 33.6 Å². The fourth-order valence-electron chi connectivity index (χ4n) is 2.79. The van der Waals surface area contributed by atoms with Crippen LogP contribution < -0.4 is 0 Å². The minimum Gasteiger partial charge on any atom is -0.478 e. The molecule has 0 atom stereocenters. The lowest BCUT2D eigenvalue weighted by Crippen LogP contribution is -2.41. The van der Waals surface area contributed by atoms with Crippen molar-refractivity contribution in [1.29, 1.82) is 0 Å². The van der Waals surface area contributed by atoms with Crippen molar-refractivity contribution in [3.8, 4) is 0 Å². The quantitative estimate of drug-likeness (QED) is 0.909. The zero-order valence-corrected chi connectivity index (χ0v) is 12.8. The van der Waals surface area contributed by atoms with Gasteiger partial charge in [-0.05, 0) is 36.3 Å².